The number of carbonyl (C=O) groups excluding carboxylic acids is 1. The highest BCUT2D eigenvalue weighted by Gasteiger charge is 2.38. The molecule has 150 valence electrons. The van der Waals surface area contributed by atoms with Crippen molar-refractivity contribution in [2.75, 3.05) is 6.54 Å². The van der Waals surface area contributed by atoms with Crippen LogP contribution in [0.2, 0.25) is 0 Å². The summed E-state index contributed by atoms with van der Waals surface area (Å²) in [4.78, 5) is 22.5. The van der Waals surface area contributed by atoms with Crippen molar-refractivity contribution >= 4 is 11.9 Å². The number of rotatable bonds is 8. The highest BCUT2D eigenvalue weighted by atomic mass is 16.4. The van der Waals surface area contributed by atoms with E-state index in [1.165, 1.54) is 19.3 Å². The molecule has 3 atom stereocenters. The van der Waals surface area contributed by atoms with E-state index < -0.39 is 5.97 Å². The maximum Gasteiger partial charge on any atom is 0.305 e. The fourth-order valence-corrected chi connectivity index (χ4v) is 4.41. The van der Waals surface area contributed by atoms with Crippen molar-refractivity contribution in [1.82, 2.24) is 10.6 Å². The number of hydrogen-bond acceptors (Lipinski definition) is 3. The molecule has 0 aromatic heterocycles. The summed E-state index contributed by atoms with van der Waals surface area (Å²) in [6, 6.07) is 8.06. The Bertz CT molecular complexity index is 639. The number of hydrogen-bond donors (Lipinski definition) is 3. The van der Waals surface area contributed by atoms with Gasteiger partial charge < -0.3 is 15.7 Å². The van der Waals surface area contributed by atoms with Gasteiger partial charge in [-0.15, -0.1) is 0 Å². The first kappa shape index (κ1) is 21.4. The molecule has 27 heavy (non-hydrogen) atoms. The number of amides is 1. The Morgan fingerprint density at radius 3 is 2.48 bits per heavy atom. The summed E-state index contributed by atoms with van der Waals surface area (Å²) in [7, 11) is 0. The summed E-state index contributed by atoms with van der Waals surface area (Å²) in [6.45, 7) is 10.4. The Hall–Kier alpha value is -1.88. The Labute approximate surface area is 162 Å². The lowest BCUT2D eigenvalue weighted by atomic mass is 9.63. The summed E-state index contributed by atoms with van der Waals surface area (Å²) in [6.07, 6.45) is 3.62. The number of benzene rings is 1. The van der Waals surface area contributed by atoms with Crippen molar-refractivity contribution in [3.8, 4) is 0 Å². The van der Waals surface area contributed by atoms with Gasteiger partial charge in [-0.25, -0.2) is 0 Å². The van der Waals surface area contributed by atoms with Crippen LogP contribution in [0.3, 0.4) is 0 Å². The van der Waals surface area contributed by atoms with Crippen molar-refractivity contribution in [2.45, 2.75) is 66.0 Å². The van der Waals surface area contributed by atoms with Gasteiger partial charge in [-0.3, -0.25) is 9.59 Å². The number of carboxylic acids is 1. The smallest absolute Gasteiger partial charge is 0.305 e. The lowest BCUT2D eigenvalue weighted by Crippen LogP contribution is -2.45. The van der Waals surface area contributed by atoms with Crippen LogP contribution in [0.5, 0.6) is 0 Å². The van der Waals surface area contributed by atoms with Gasteiger partial charge in [0, 0.05) is 24.7 Å². The maximum atomic E-state index is 12.0. The van der Waals surface area contributed by atoms with E-state index in [2.05, 4.69) is 38.3 Å². The summed E-state index contributed by atoms with van der Waals surface area (Å²) >= 11 is 0. The van der Waals surface area contributed by atoms with Crippen molar-refractivity contribution < 1.29 is 14.7 Å². The second kappa shape index (κ2) is 9.36. The molecule has 1 amide bonds. The Balaban J connectivity index is 1.86. The van der Waals surface area contributed by atoms with E-state index in [0.29, 0.717) is 22.9 Å². The molecule has 3 N–H and O–H groups in total. The summed E-state index contributed by atoms with van der Waals surface area (Å²) in [5.41, 5.74) is 2.13. The molecule has 1 aromatic rings. The highest BCUT2D eigenvalue weighted by Crippen LogP contribution is 2.44. The first-order chi connectivity index (χ1) is 12.7. The minimum atomic E-state index is -0.914. The van der Waals surface area contributed by atoms with E-state index in [0.717, 1.165) is 18.0 Å². The molecule has 1 saturated carbocycles. The van der Waals surface area contributed by atoms with Crippen molar-refractivity contribution in [2.24, 2.45) is 17.3 Å². The average Bonchev–Trinajstić information content (AvgIpc) is 2.60. The summed E-state index contributed by atoms with van der Waals surface area (Å²) in [5.74, 6) is 0.261. The normalized spacial score (nSPS) is 24.4. The van der Waals surface area contributed by atoms with Crippen LogP contribution >= 0.6 is 0 Å². The minimum Gasteiger partial charge on any atom is -0.481 e. The SMILES string of the molecule is CCC1CC(NCc2ccc(C(=O)NCCC(=O)O)cc2)C(C)CC1(C)C. The molecule has 3 unspecified atom stereocenters. The van der Waals surface area contributed by atoms with Gasteiger partial charge in [-0.1, -0.05) is 46.2 Å². The first-order valence-corrected chi connectivity index (χ1v) is 10.0. The topological polar surface area (TPSA) is 78.4 Å². The van der Waals surface area contributed by atoms with Crippen LogP contribution in [-0.4, -0.2) is 29.6 Å². The number of carboxylic acid groups (broad SMARTS) is 1. The monoisotopic (exact) mass is 374 g/mol. The van der Waals surface area contributed by atoms with E-state index >= 15 is 0 Å². The highest BCUT2D eigenvalue weighted by molar-refractivity contribution is 5.94. The van der Waals surface area contributed by atoms with Crippen LogP contribution in [0.15, 0.2) is 24.3 Å². The largest absolute Gasteiger partial charge is 0.481 e. The van der Waals surface area contributed by atoms with Crippen LogP contribution in [-0.2, 0) is 11.3 Å². The van der Waals surface area contributed by atoms with Crippen LogP contribution in [0.25, 0.3) is 0 Å². The molecule has 0 aliphatic heterocycles. The quantitative estimate of drug-likeness (QED) is 0.646. The van der Waals surface area contributed by atoms with Gasteiger partial charge in [0.25, 0.3) is 5.91 Å². The van der Waals surface area contributed by atoms with E-state index in [4.69, 9.17) is 5.11 Å². The number of nitrogens with one attached hydrogen (secondary N) is 2. The predicted molar refractivity (Wildman–Crippen MR) is 108 cm³/mol. The molecule has 1 fully saturated rings. The Morgan fingerprint density at radius 1 is 1.22 bits per heavy atom. The van der Waals surface area contributed by atoms with E-state index in [1.54, 1.807) is 12.1 Å². The molecule has 2 rings (SSSR count). The molecular formula is C22H34N2O3. The first-order valence-electron chi connectivity index (χ1n) is 10.0. The molecule has 5 nitrogen and oxygen atoms in total. The van der Waals surface area contributed by atoms with Gasteiger partial charge in [0.1, 0.15) is 0 Å². The van der Waals surface area contributed by atoms with Crippen LogP contribution < -0.4 is 10.6 Å². The fourth-order valence-electron chi connectivity index (χ4n) is 4.41. The molecule has 0 saturated heterocycles. The second-order valence-electron chi connectivity index (χ2n) is 8.59. The minimum absolute atomic E-state index is 0.0666. The third-order valence-electron chi connectivity index (χ3n) is 6.08. The van der Waals surface area contributed by atoms with Gasteiger partial charge in [0.15, 0.2) is 0 Å². The lowest BCUT2D eigenvalue weighted by Gasteiger charge is -2.46. The molecule has 0 heterocycles. The zero-order chi connectivity index (χ0) is 20.0. The summed E-state index contributed by atoms with van der Waals surface area (Å²) in [5, 5.41) is 15.0. The van der Waals surface area contributed by atoms with Crippen molar-refractivity contribution in [1.29, 1.82) is 0 Å². The zero-order valence-corrected chi connectivity index (χ0v) is 17.0. The average molecular weight is 375 g/mol. The van der Waals surface area contributed by atoms with E-state index in [9.17, 15) is 9.59 Å². The second-order valence-corrected chi connectivity index (χ2v) is 8.59. The molecule has 0 spiro atoms. The molecular weight excluding hydrogens is 340 g/mol. The molecule has 0 bridgehead atoms. The van der Waals surface area contributed by atoms with Crippen molar-refractivity contribution in [3.63, 3.8) is 0 Å². The van der Waals surface area contributed by atoms with Crippen LogP contribution in [0, 0.1) is 17.3 Å². The molecule has 1 aromatic carbocycles. The number of carbonyl (C=O) groups is 2. The van der Waals surface area contributed by atoms with E-state index in [1.807, 2.05) is 12.1 Å². The third kappa shape index (κ3) is 6.06. The van der Waals surface area contributed by atoms with Gasteiger partial charge in [-0.05, 0) is 47.8 Å². The van der Waals surface area contributed by atoms with Gasteiger partial charge in [-0.2, -0.15) is 0 Å². The van der Waals surface area contributed by atoms with Gasteiger partial charge in [0.05, 0.1) is 6.42 Å². The van der Waals surface area contributed by atoms with Gasteiger partial charge in [0.2, 0.25) is 0 Å². The van der Waals surface area contributed by atoms with Crippen LogP contribution in [0.1, 0.15) is 69.3 Å². The standard InChI is InChI=1S/C22H34N2O3/c1-5-18-12-19(15(2)13-22(18,3)4)24-14-16-6-8-17(9-7-16)21(27)23-11-10-20(25)26/h6-9,15,18-19,24H,5,10-14H2,1-4H3,(H,23,27)(H,25,26). The predicted octanol–water partition coefficient (Wildman–Crippen LogP) is 3.83. The van der Waals surface area contributed by atoms with E-state index in [-0.39, 0.29) is 18.9 Å². The Kier molecular flexibility index (Phi) is 7.42. The zero-order valence-electron chi connectivity index (χ0n) is 17.0. The van der Waals surface area contributed by atoms with Gasteiger partial charge >= 0.3 is 5.97 Å². The molecule has 1 aliphatic rings. The Morgan fingerprint density at radius 2 is 1.89 bits per heavy atom. The fraction of sp³-hybridized carbons (Fsp3) is 0.636. The lowest BCUT2D eigenvalue weighted by molar-refractivity contribution is -0.136. The van der Waals surface area contributed by atoms with Crippen molar-refractivity contribution in [3.05, 3.63) is 35.4 Å². The van der Waals surface area contributed by atoms with Crippen LogP contribution in [0.4, 0.5) is 0 Å². The molecule has 0 radical (unpaired) electrons. The third-order valence-corrected chi connectivity index (χ3v) is 6.08. The maximum absolute atomic E-state index is 12.0. The molecule has 5 heteroatoms. The molecule has 1 aliphatic carbocycles. The summed E-state index contributed by atoms with van der Waals surface area (Å²) < 4.78 is 0. The number of aliphatic carboxylic acids is 1.